The van der Waals surface area contributed by atoms with Crippen LogP contribution in [-0.2, 0) is 12.6 Å². The van der Waals surface area contributed by atoms with E-state index in [9.17, 15) is 0 Å². The molecule has 1 N–H and O–H groups in total. The highest BCUT2D eigenvalue weighted by Gasteiger charge is 2.18. The number of nitrogens with zero attached hydrogens (tertiary/aromatic N) is 1. The first-order chi connectivity index (χ1) is 7.45. The summed E-state index contributed by atoms with van der Waals surface area (Å²) in [6.07, 6.45) is 0. The highest BCUT2D eigenvalue weighted by molar-refractivity contribution is 5.82. The van der Waals surface area contributed by atoms with E-state index in [1.807, 2.05) is 7.05 Å². The van der Waals surface area contributed by atoms with Crippen molar-refractivity contribution in [2.45, 2.75) is 26.3 Å². The van der Waals surface area contributed by atoms with Crippen LogP contribution in [0.2, 0.25) is 0 Å². The fourth-order valence-corrected chi connectivity index (χ4v) is 2.02. The van der Waals surface area contributed by atoms with Crippen molar-refractivity contribution < 1.29 is 0 Å². The Kier molecular flexibility index (Phi) is 2.55. The molecule has 2 heteroatoms. The van der Waals surface area contributed by atoms with E-state index in [2.05, 4.69) is 62.0 Å². The predicted octanol–water partition coefficient (Wildman–Crippen LogP) is 2.94. The van der Waals surface area contributed by atoms with E-state index in [4.69, 9.17) is 0 Å². The molecule has 2 aromatic rings. The summed E-state index contributed by atoms with van der Waals surface area (Å²) in [5.41, 5.74) is 3.95. The normalized spacial score (nSPS) is 12.3. The first-order valence-corrected chi connectivity index (χ1v) is 5.71. The predicted molar refractivity (Wildman–Crippen MR) is 69.7 cm³/mol. The molecule has 0 spiro atoms. The lowest BCUT2D eigenvalue weighted by Crippen LogP contribution is -2.32. The molecule has 0 bridgehead atoms. The van der Waals surface area contributed by atoms with Gasteiger partial charge in [-0.1, -0.05) is 6.07 Å². The third kappa shape index (κ3) is 1.63. The van der Waals surface area contributed by atoms with Gasteiger partial charge in [-0.2, -0.15) is 0 Å². The fourth-order valence-electron chi connectivity index (χ4n) is 2.02. The SMILES string of the molecule is CNC(C)(C)c1ccc2c(c1)cc(C)n2C. The number of benzene rings is 1. The summed E-state index contributed by atoms with van der Waals surface area (Å²) in [6.45, 7) is 6.54. The van der Waals surface area contributed by atoms with Gasteiger partial charge in [-0.05, 0) is 51.6 Å². The lowest BCUT2D eigenvalue weighted by molar-refractivity contribution is 0.445. The molecule has 0 fully saturated rings. The molecule has 2 rings (SSSR count). The number of fused-ring (bicyclic) bond motifs is 1. The van der Waals surface area contributed by atoms with Gasteiger partial charge in [0.1, 0.15) is 0 Å². The van der Waals surface area contributed by atoms with Crippen LogP contribution in [0.5, 0.6) is 0 Å². The smallest absolute Gasteiger partial charge is 0.0480 e. The van der Waals surface area contributed by atoms with Crippen molar-refractivity contribution in [2.75, 3.05) is 7.05 Å². The second kappa shape index (κ2) is 3.63. The molecule has 1 aromatic carbocycles. The Balaban J connectivity index is 2.61. The van der Waals surface area contributed by atoms with Gasteiger partial charge in [0.05, 0.1) is 0 Å². The number of rotatable bonds is 2. The van der Waals surface area contributed by atoms with Crippen LogP contribution in [0, 0.1) is 6.92 Å². The lowest BCUT2D eigenvalue weighted by atomic mass is 9.93. The summed E-state index contributed by atoms with van der Waals surface area (Å²) in [4.78, 5) is 0. The standard InChI is InChI=1S/C14H20N2/c1-10-8-11-9-12(14(2,3)15-4)6-7-13(11)16(10)5/h6-9,15H,1-5H3. The third-order valence-electron chi connectivity index (χ3n) is 3.63. The Morgan fingerprint density at radius 1 is 1.19 bits per heavy atom. The van der Waals surface area contributed by atoms with Gasteiger partial charge in [-0.3, -0.25) is 0 Å². The largest absolute Gasteiger partial charge is 0.348 e. The molecule has 0 atom stereocenters. The van der Waals surface area contributed by atoms with E-state index >= 15 is 0 Å². The molecule has 86 valence electrons. The van der Waals surface area contributed by atoms with Gasteiger partial charge in [0, 0.05) is 29.2 Å². The number of hydrogen-bond acceptors (Lipinski definition) is 1. The Hall–Kier alpha value is -1.28. The first kappa shape index (κ1) is 11.2. The Bertz CT molecular complexity index is 521. The van der Waals surface area contributed by atoms with Crippen molar-refractivity contribution in [3.8, 4) is 0 Å². The molecule has 0 unspecified atom stereocenters. The van der Waals surface area contributed by atoms with E-state index in [0.29, 0.717) is 0 Å². The van der Waals surface area contributed by atoms with E-state index in [-0.39, 0.29) is 5.54 Å². The second-order valence-corrected chi connectivity index (χ2v) is 4.99. The van der Waals surface area contributed by atoms with Crippen molar-refractivity contribution in [3.63, 3.8) is 0 Å². The molecule has 0 aliphatic carbocycles. The van der Waals surface area contributed by atoms with Gasteiger partial charge < -0.3 is 9.88 Å². The molecule has 1 heterocycles. The van der Waals surface area contributed by atoms with E-state index in [1.54, 1.807) is 0 Å². The van der Waals surface area contributed by atoms with Gasteiger partial charge in [0.25, 0.3) is 0 Å². The Morgan fingerprint density at radius 3 is 2.50 bits per heavy atom. The van der Waals surface area contributed by atoms with Crippen molar-refractivity contribution >= 4 is 10.9 Å². The van der Waals surface area contributed by atoms with Crippen LogP contribution in [0.1, 0.15) is 25.1 Å². The van der Waals surface area contributed by atoms with Gasteiger partial charge in [-0.25, -0.2) is 0 Å². The zero-order chi connectivity index (χ0) is 11.9. The van der Waals surface area contributed by atoms with Gasteiger partial charge >= 0.3 is 0 Å². The second-order valence-electron chi connectivity index (χ2n) is 4.99. The summed E-state index contributed by atoms with van der Waals surface area (Å²) in [5.74, 6) is 0. The van der Waals surface area contributed by atoms with Gasteiger partial charge in [-0.15, -0.1) is 0 Å². The van der Waals surface area contributed by atoms with Gasteiger partial charge in [0.15, 0.2) is 0 Å². The number of aryl methyl sites for hydroxylation is 2. The maximum atomic E-state index is 3.34. The van der Waals surface area contributed by atoms with Crippen LogP contribution in [0.3, 0.4) is 0 Å². The molecule has 0 saturated heterocycles. The maximum absolute atomic E-state index is 3.34. The summed E-state index contributed by atoms with van der Waals surface area (Å²) in [6, 6.07) is 8.93. The van der Waals surface area contributed by atoms with Crippen molar-refractivity contribution in [3.05, 3.63) is 35.5 Å². The van der Waals surface area contributed by atoms with Crippen LogP contribution in [-0.4, -0.2) is 11.6 Å². The minimum absolute atomic E-state index is 0.0257. The molecule has 0 radical (unpaired) electrons. The maximum Gasteiger partial charge on any atom is 0.0480 e. The molecule has 0 saturated carbocycles. The number of aromatic nitrogens is 1. The fraction of sp³-hybridized carbons (Fsp3) is 0.429. The summed E-state index contributed by atoms with van der Waals surface area (Å²) < 4.78 is 2.23. The van der Waals surface area contributed by atoms with E-state index in [0.717, 1.165) is 0 Å². The number of hydrogen-bond donors (Lipinski definition) is 1. The topological polar surface area (TPSA) is 17.0 Å². The highest BCUT2D eigenvalue weighted by atomic mass is 14.9. The monoisotopic (exact) mass is 216 g/mol. The van der Waals surface area contributed by atoms with Gasteiger partial charge in [0.2, 0.25) is 0 Å². The van der Waals surface area contributed by atoms with Crippen LogP contribution >= 0.6 is 0 Å². The van der Waals surface area contributed by atoms with E-state index < -0.39 is 0 Å². The minimum Gasteiger partial charge on any atom is -0.348 e. The Morgan fingerprint density at radius 2 is 1.88 bits per heavy atom. The lowest BCUT2D eigenvalue weighted by Gasteiger charge is -2.24. The Labute approximate surface area is 97.3 Å². The molecule has 0 aliphatic rings. The van der Waals surface area contributed by atoms with Crippen LogP contribution < -0.4 is 5.32 Å². The average Bonchev–Trinajstić information content (AvgIpc) is 2.54. The molecular formula is C14H20N2. The minimum atomic E-state index is 0.0257. The third-order valence-corrected chi connectivity index (χ3v) is 3.63. The highest BCUT2D eigenvalue weighted by Crippen LogP contribution is 2.25. The molecule has 1 aromatic heterocycles. The molecule has 0 amide bonds. The molecule has 2 nitrogen and oxygen atoms in total. The molecule has 16 heavy (non-hydrogen) atoms. The molecular weight excluding hydrogens is 196 g/mol. The summed E-state index contributed by atoms with van der Waals surface area (Å²) in [5, 5.41) is 4.66. The van der Waals surface area contributed by atoms with Crippen molar-refractivity contribution in [2.24, 2.45) is 7.05 Å². The van der Waals surface area contributed by atoms with Crippen LogP contribution in [0.15, 0.2) is 24.3 Å². The van der Waals surface area contributed by atoms with Crippen LogP contribution in [0.4, 0.5) is 0 Å². The quantitative estimate of drug-likeness (QED) is 0.816. The average molecular weight is 216 g/mol. The first-order valence-electron chi connectivity index (χ1n) is 5.71. The van der Waals surface area contributed by atoms with Crippen molar-refractivity contribution in [1.82, 2.24) is 9.88 Å². The van der Waals surface area contributed by atoms with Crippen LogP contribution in [0.25, 0.3) is 10.9 Å². The molecule has 0 aliphatic heterocycles. The summed E-state index contributed by atoms with van der Waals surface area (Å²) >= 11 is 0. The summed E-state index contributed by atoms with van der Waals surface area (Å²) in [7, 11) is 4.11. The zero-order valence-electron chi connectivity index (χ0n) is 10.8. The van der Waals surface area contributed by atoms with E-state index in [1.165, 1.54) is 22.2 Å². The number of nitrogens with one attached hydrogen (secondary N) is 1. The van der Waals surface area contributed by atoms with Crippen molar-refractivity contribution in [1.29, 1.82) is 0 Å². The zero-order valence-corrected chi connectivity index (χ0v) is 10.8.